The van der Waals surface area contributed by atoms with E-state index in [0.29, 0.717) is 16.9 Å². The summed E-state index contributed by atoms with van der Waals surface area (Å²) >= 11 is 3.41. The molecule has 2 aromatic heterocycles. The minimum Gasteiger partial charge on any atom is -0.503 e. The average Bonchev–Trinajstić information content (AvgIpc) is 3.38. The summed E-state index contributed by atoms with van der Waals surface area (Å²) in [4.78, 5) is 32.3. The Morgan fingerprint density at radius 1 is 1.15 bits per heavy atom. The van der Waals surface area contributed by atoms with Crippen LogP contribution in [0.1, 0.15) is 27.7 Å². The molecule has 0 spiro atoms. The number of methoxy groups -OCH3 is 1. The summed E-state index contributed by atoms with van der Waals surface area (Å²) < 4.78 is 12.1. The number of amides is 1. The normalized spacial score (nSPS) is 15.9. The number of fused-ring (bicyclic) bond motifs is 1. The van der Waals surface area contributed by atoms with Crippen LogP contribution in [0.5, 0.6) is 5.75 Å². The fourth-order valence-electron chi connectivity index (χ4n) is 4.22. The van der Waals surface area contributed by atoms with Crippen molar-refractivity contribution in [2.45, 2.75) is 12.6 Å². The highest BCUT2D eigenvalue weighted by molar-refractivity contribution is 9.10. The zero-order valence-electron chi connectivity index (χ0n) is 18.1. The molecule has 1 atom stereocenters. The van der Waals surface area contributed by atoms with Crippen LogP contribution >= 0.6 is 15.9 Å². The van der Waals surface area contributed by atoms with Crippen molar-refractivity contribution < 1.29 is 23.8 Å². The lowest BCUT2D eigenvalue weighted by Gasteiger charge is -2.27. The van der Waals surface area contributed by atoms with E-state index < -0.39 is 23.5 Å². The summed E-state index contributed by atoms with van der Waals surface area (Å²) in [6.45, 7) is 0.129. The van der Waals surface area contributed by atoms with E-state index >= 15 is 0 Å². The van der Waals surface area contributed by atoms with Crippen LogP contribution in [0.3, 0.4) is 0 Å². The first kappa shape index (κ1) is 21.9. The molecule has 0 aliphatic carbocycles. The maximum absolute atomic E-state index is 13.6. The van der Waals surface area contributed by atoms with E-state index in [1.807, 2.05) is 30.3 Å². The van der Waals surface area contributed by atoms with Gasteiger partial charge in [-0.05, 0) is 48.0 Å². The maximum Gasteiger partial charge on any atom is 0.290 e. The van der Waals surface area contributed by atoms with Crippen molar-refractivity contribution in [1.82, 2.24) is 9.88 Å². The third kappa shape index (κ3) is 3.76. The molecular weight excluding hydrogens is 500 g/mol. The van der Waals surface area contributed by atoms with E-state index in [0.717, 1.165) is 15.4 Å². The largest absolute Gasteiger partial charge is 0.503 e. The third-order valence-electron chi connectivity index (χ3n) is 5.81. The summed E-state index contributed by atoms with van der Waals surface area (Å²) in [7, 11) is 1.55. The first-order valence-corrected chi connectivity index (χ1v) is 11.3. The van der Waals surface area contributed by atoms with Gasteiger partial charge in [-0.2, -0.15) is 0 Å². The van der Waals surface area contributed by atoms with Crippen LogP contribution in [-0.4, -0.2) is 33.8 Å². The summed E-state index contributed by atoms with van der Waals surface area (Å²) in [5.74, 6) is -1.15. The number of aliphatic hydroxyl groups is 1. The zero-order chi connectivity index (χ0) is 23.8. The predicted molar refractivity (Wildman–Crippen MR) is 128 cm³/mol. The Labute approximate surface area is 203 Å². The van der Waals surface area contributed by atoms with Crippen LogP contribution < -0.4 is 4.74 Å². The SMILES string of the molecule is COc1ccccc1CN1C(=O)C(O)=C(C(=O)c2cc3cc(Br)ccc3o2)C1c1ccncc1. The molecule has 0 bridgehead atoms. The van der Waals surface area contributed by atoms with Gasteiger partial charge in [-0.3, -0.25) is 14.6 Å². The smallest absolute Gasteiger partial charge is 0.290 e. The molecule has 1 N–H and O–H groups in total. The molecule has 0 saturated heterocycles. The molecule has 1 amide bonds. The quantitative estimate of drug-likeness (QED) is 0.344. The van der Waals surface area contributed by atoms with Gasteiger partial charge in [0.1, 0.15) is 11.3 Å². The number of para-hydroxylation sites is 1. The maximum atomic E-state index is 13.6. The van der Waals surface area contributed by atoms with Crippen molar-refractivity contribution in [2.24, 2.45) is 0 Å². The Kier molecular flexibility index (Phi) is 5.67. The van der Waals surface area contributed by atoms with Gasteiger partial charge in [0.25, 0.3) is 5.91 Å². The van der Waals surface area contributed by atoms with Crippen molar-refractivity contribution in [3.8, 4) is 5.75 Å². The molecule has 8 heteroatoms. The van der Waals surface area contributed by atoms with Crippen LogP contribution in [0.4, 0.5) is 0 Å². The number of pyridine rings is 1. The van der Waals surface area contributed by atoms with Gasteiger partial charge in [0.05, 0.1) is 25.3 Å². The molecule has 4 aromatic rings. The van der Waals surface area contributed by atoms with E-state index in [-0.39, 0.29) is 17.9 Å². The first-order chi connectivity index (χ1) is 16.5. The number of hydrogen-bond donors (Lipinski definition) is 1. The van der Waals surface area contributed by atoms with Gasteiger partial charge >= 0.3 is 0 Å². The number of Topliss-reactive ketones (excluding diaryl/α,β-unsaturated/α-hetero) is 1. The molecule has 1 aliphatic heterocycles. The molecule has 3 heterocycles. The molecule has 7 nitrogen and oxygen atoms in total. The summed E-state index contributed by atoms with van der Waals surface area (Å²) in [6.07, 6.45) is 3.16. The number of nitrogens with zero attached hydrogens (tertiary/aromatic N) is 2. The zero-order valence-corrected chi connectivity index (χ0v) is 19.7. The molecule has 5 rings (SSSR count). The van der Waals surface area contributed by atoms with Gasteiger partial charge in [0.15, 0.2) is 11.5 Å². The van der Waals surface area contributed by atoms with Crippen molar-refractivity contribution in [2.75, 3.05) is 7.11 Å². The minimum absolute atomic E-state index is 0.0378. The Hall–Kier alpha value is -3.91. The molecule has 1 aliphatic rings. The number of halogens is 1. The Morgan fingerprint density at radius 2 is 1.91 bits per heavy atom. The van der Waals surface area contributed by atoms with Crippen LogP contribution in [-0.2, 0) is 11.3 Å². The van der Waals surface area contributed by atoms with Gasteiger partial charge in [-0.25, -0.2) is 0 Å². The number of ketones is 1. The van der Waals surface area contributed by atoms with Crippen molar-refractivity contribution in [3.05, 3.63) is 106 Å². The molecule has 2 aromatic carbocycles. The lowest BCUT2D eigenvalue weighted by molar-refractivity contribution is -0.130. The topological polar surface area (TPSA) is 92.9 Å². The monoisotopic (exact) mass is 518 g/mol. The molecule has 0 fully saturated rings. The highest BCUT2D eigenvalue weighted by atomic mass is 79.9. The van der Waals surface area contributed by atoms with Gasteiger partial charge in [-0.15, -0.1) is 0 Å². The van der Waals surface area contributed by atoms with E-state index in [1.54, 1.807) is 49.8 Å². The highest BCUT2D eigenvalue weighted by Crippen LogP contribution is 2.41. The summed E-state index contributed by atoms with van der Waals surface area (Å²) in [5.41, 5.74) is 1.88. The van der Waals surface area contributed by atoms with Crippen molar-refractivity contribution in [1.29, 1.82) is 0 Å². The number of hydrogen-bond acceptors (Lipinski definition) is 6. The van der Waals surface area contributed by atoms with Gasteiger partial charge in [0, 0.05) is 27.8 Å². The number of carbonyl (C=O) groups excluding carboxylic acids is 2. The molecule has 0 saturated carbocycles. The van der Waals surface area contributed by atoms with E-state index in [9.17, 15) is 14.7 Å². The van der Waals surface area contributed by atoms with Crippen LogP contribution in [0, 0.1) is 0 Å². The summed E-state index contributed by atoms with van der Waals surface area (Å²) in [5, 5.41) is 11.6. The fraction of sp³-hybridized carbons (Fsp3) is 0.115. The van der Waals surface area contributed by atoms with Gasteiger partial charge in [0.2, 0.25) is 5.78 Å². The number of aliphatic hydroxyl groups excluding tert-OH is 1. The number of rotatable bonds is 6. The Morgan fingerprint density at radius 3 is 2.68 bits per heavy atom. The molecule has 1 unspecified atom stereocenters. The van der Waals surface area contributed by atoms with Crippen LogP contribution in [0.15, 0.2) is 93.3 Å². The second-order valence-corrected chi connectivity index (χ2v) is 8.73. The number of carbonyl (C=O) groups is 2. The number of benzene rings is 2. The van der Waals surface area contributed by atoms with Crippen molar-refractivity contribution >= 4 is 38.6 Å². The number of furan rings is 1. The molecular formula is C26H19BrN2O5. The predicted octanol–water partition coefficient (Wildman–Crippen LogP) is 5.38. The highest BCUT2D eigenvalue weighted by Gasteiger charge is 2.44. The summed E-state index contributed by atoms with van der Waals surface area (Å²) in [6, 6.07) is 16.9. The fourth-order valence-corrected chi connectivity index (χ4v) is 4.60. The van der Waals surface area contributed by atoms with Crippen molar-refractivity contribution in [3.63, 3.8) is 0 Å². The minimum atomic E-state index is -0.826. The van der Waals surface area contributed by atoms with E-state index in [4.69, 9.17) is 9.15 Å². The average molecular weight is 519 g/mol. The standard InChI is InChI=1S/C26H19BrN2O5/c1-33-19-5-3-2-4-16(19)14-29-23(15-8-10-28-11-9-15)22(25(31)26(29)32)24(30)21-13-17-12-18(27)6-7-20(17)34-21/h2-13,23,31H,14H2,1H3. The van der Waals surface area contributed by atoms with Crippen LogP contribution in [0.2, 0.25) is 0 Å². The van der Waals surface area contributed by atoms with E-state index in [1.165, 1.54) is 4.90 Å². The Bertz CT molecular complexity index is 1440. The van der Waals surface area contributed by atoms with Gasteiger partial charge in [-0.1, -0.05) is 34.1 Å². The lowest BCUT2D eigenvalue weighted by atomic mass is 9.95. The Balaban J connectivity index is 1.59. The molecule has 34 heavy (non-hydrogen) atoms. The first-order valence-electron chi connectivity index (χ1n) is 10.5. The number of aromatic nitrogens is 1. The second kappa shape index (κ2) is 8.79. The van der Waals surface area contributed by atoms with Crippen LogP contribution in [0.25, 0.3) is 11.0 Å². The molecule has 0 radical (unpaired) electrons. The second-order valence-electron chi connectivity index (χ2n) is 7.81. The lowest BCUT2D eigenvalue weighted by Crippen LogP contribution is -2.30. The van der Waals surface area contributed by atoms with Gasteiger partial charge < -0.3 is 19.2 Å². The number of ether oxygens (including phenoxy) is 1. The third-order valence-corrected chi connectivity index (χ3v) is 6.30. The molecule has 170 valence electrons. The van der Waals surface area contributed by atoms with E-state index in [2.05, 4.69) is 20.9 Å².